The Morgan fingerprint density at radius 2 is 2.00 bits per heavy atom. The van der Waals surface area contributed by atoms with Gasteiger partial charge in [0.15, 0.2) is 0 Å². The van der Waals surface area contributed by atoms with Crippen LogP contribution in [0.4, 0.5) is 13.2 Å². The Bertz CT molecular complexity index is 313. The van der Waals surface area contributed by atoms with Gasteiger partial charge in [-0.2, -0.15) is 8.78 Å². The lowest BCUT2D eigenvalue weighted by atomic mass is 10.1. The molecule has 14 heavy (non-hydrogen) atoms. The third-order valence-electron chi connectivity index (χ3n) is 1.64. The van der Waals surface area contributed by atoms with Crippen molar-refractivity contribution in [2.24, 2.45) is 0 Å². The van der Waals surface area contributed by atoms with Gasteiger partial charge in [0.05, 0.1) is 6.10 Å². The number of aliphatic hydroxyl groups excluding tert-OH is 1. The van der Waals surface area contributed by atoms with Crippen molar-refractivity contribution < 1.29 is 23.0 Å². The van der Waals surface area contributed by atoms with E-state index < -0.39 is 18.5 Å². The van der Waals surface area contributed by atoms with Gasteiger partial charge >= 0.3 is 6.61 Å². The molecule has 1 aromatic rings. The van der Waals surface area contributed by atoms with Crippen LogP contribution < -0.4 is 4.74 Å². The quantitative estimate of drug-likeness (QED) is 0.823. The summed E-state index contributed by atoms with van der Waals surface area (Å²) in [6.07, 6.45) is -0.982. The molecule has 0 aliphatic carbocycles. The summed E-state index contributed by atoms with van der Waals surface area (Å²) in [7, 11) is 0. The molecule has 0 aromatic heterocycles. The van der Waals surface area contributed by atoms with Gasteiger partial charge < -0.3 is 9.84 Å². The Morgan fingerprint density at radius 3 is 2.50 bits per heavy atom. The largest absolute Gasteiger partial charge is 0.434 e. The van der Waals surface area contributed by atoms with Gasteiger partial charge in [0, 0.05) is 11.6 Å². The molecule has 0 spiro atoms. The number of benzene rings is 1. The fraction of sp³-hybridized carbons (Fsp3) is 0.333. The van der Waals surface area contributed by atoms with Gasteiger partial charge in [0.25, 0.3) is 0 Å². The number of alkyl halides is 2. The molecule has 0 radical (unpaired) electrons. The lowest BCUT2D eigenvalue weighted by Gasteiger charge is -2.12. The van der Waals surface area contributed by atoms with Crippen molar-refractivity contribution in [3.8, 4) is 5.75 Å². The molecule has 78 valence electrons. The zero-order valence-electron chi connectivity index (χ0n) is 7.38. The van der Waals surface area contributed by atoms with E-state index >= 15 is 0 Å². The minimum absolute atomic E-state index is 0.131. The molecule has 1 aromatic carbocycles. The molecular formula is C9H9F3O2. The highest BCUT2D eigenvalue weighted by molar-refractivity contribution is 5.35. The number of rotatable bonds is 3. The maximum absolute atomic E-state index is 12.7. The lowest BCUT2D eigenvalue weighted by Crippen LogP contribution is -2.06. The van der Waals surface area contributed by atoms with Crippen LogP contribution in [0.15, 0.2) is 18.2 Å². The van der Waals surface area contributed by atoms with Gasteiger partial charge in [-0.1, -0.05) is 0 Å². The molecule has 0 saturated heterocycles. The first-order valence-corrected chi connectivity index (χ1v) is 3.93. The van der Waals surface area contributed by atoms with E-state index in [0.29, 0.717) is 0 Å². The average molecular weight is 206 g/mol. The van der Waals surface area contributed by atoms with Gasteiger partial charge in [-0.15, -0.1) is 0 Å². The van der Waals surface area contributed by atoms with E-state index in [2.05, 4.69) is 4.74 Å². The van der Waals surface area contributed by atoms with E-state index in [-0.39, 0.29) is 11.3 Å². The van der Waals surface area contributed by atoms with Crippen LogP contribution in [0.5, 0.6) is 5.75 Å². The normalized spacial score (nSPS) is 13.0. The summed E-state index contributed by atoms with van der Waals surface area (Å²) in [5.41, 5.74) is 0.131. The van der Waals surface area contributed by atoms with Crippen LogP contribution in [0.1, 0.15) is 18.6 Å². The Labute approximate surface area is 78.9 Å². The van der Waals surface area contributed by atoms with E-state index in [4.69, 9.17) is 5.11 Å². The Hall–Kier alpha value is -1.23. The first-order valence-electron chi connectivity index (χ1n) is 3.93. The molecule has 0 saturated carbocycles. The number of halogens is 3. The molecule has 0 unspecified atom stereocenters. The lowest BCUT2D eigenvalue weighted by molar-refractivity contribution is -0.0515. The van der Waals surface area contributed by atoms with E-state index in [1.807, 2.05) is 0 Å². The predicted octanol–water partition coefficient (Wildman–Crippen LogP) is 2.48. The average Bonchev–Trinajstić information content (AvgIpc) is 2.01. The van der Waals surface area contributed by atoms with Gasteiger partial charge in [0.1, 0.15) is 11.6 Å². The van der Waals surface area contributed by atoms with Gasteiger partial charge in [-0.05, 0) is 19.1 Å². The van der Waals surface area contributed by atoms with Crippen molar-refractivity contribution in [3.05, 3.63) is 29.6 Å². The SMILES string of the molecule is C[C@@H](O)c1ccc(F)cc1OC(F)F. The van der Waals surface area contributed by atoms with Crippen molar-refractivity contribution in [2.45, 2.75) is 19.6 Å². The van der Waals surface area contributed by atoms with Gasteiger partial charge in [0.2, 0.25) is 0 Å². The molecule has 5 heteroatoms. The van der Waals surface area contributed by atoms with Crippen LogP contribution in [-0.4, -0.2) is 11.7 Å². The smallest absolute Gasteiger partial charge is 0.387 e. The molecule has 0 aliphatic rings. The number of ether oxygens (including phenoxy) is 1. The zero-order chi connectivity index (χ0) is 10.7. The summed E-state index contributed by atoms with van der Waals surface area (Å²) < 4.78 is 40.4. The minimum atomic E-state index is -3.03. The van der Waals surface area contributed by atoms with Crippen molar-refractivity contribution in [1.82, 2.24) is 0 Å². The Balaban J connectivity index is 3.03. The zero-order valence-corrected chi connectivity index (χ0v) is 7.38. The van der Waals surface area contributed by atoms with Crippen LogP contribution in [0, 0.1) is 5.82 Å². The number of hydrogen-bond donors (Lipinski definition) is 1. The summed E-state index contributed by atoms with van der Waals surface area (Å²) in [6.45, 7) is -1.65. The fourth-order valence-electron chi connectivity index (χ4n) is 1.05. The maximum Gasteiger partial charge on any atom is 0.387 e. The van der Waals surface area contributed by atoms with Crippen molar-refractivity contribution in [3.63, 3.8) is 0 Å². The van der Waals surface area contributed by atoms with E-state index in [1.54, 1.807) is 0 Å². The first kappa shape index (κ1) is 10.8. The number of aliphatic hydroxyl groups is 1. The van der Waals surface area contributed by atoms with Crippen LogP contribution >= 0.6 is 0 Å². The summed E-state index contributed by atoms with van der Waals surface area (Å²) in [5.74, 6) is -1.03. The van der Waals surface area contributed by atoms with E-state index in [1.165, 1.54) is 13.0 Å². The monoisotopic (exact) mass is 206 g/mol. The summed E-state index contributed by atoms with van der Waals surface area (Å²) in [6, 6.07) is 3.09. The van der Waals surface area contributed by atoms with Gasteiger partial charge in [-0.3, -0.25) is 0 Å². The molecule has 1 N–H and O–H groups in total. The van der Waals surface area contributed by atoms with Crippen LogP contribution in [0.2, 0.25) is 0 Å². The number of hydrogen-bond acceptors (Lipinski definition) is 2. The standard InChI is InChI=1S/C9H9F3O2/c1-5(13)7-3-2-6(10)4-8(7)14-9(11)12/h2-5,9,13H,1H3/t5-/m1/s1. The van der Waals surface area contributed by atoms with Crippen LogP contribution in [0.25, 0.3) is 0 Å². The second-order valence-electron chi connectivity index (χ2n) is 2.74. The van der Waals surface area contributed by atoms with E-state index in [9.17, 15) is 13.2 Å². The Morgan fingerprint density at radius 1 is 1.36 bits per heavy atom. The van der Waals surface area contributed by atoms with Gasteiger partial charge in [-0.25, -0.2) is 4.39 Å². The highest BCUT2D eigenvalue weighted by atomic mass is 19.3. The Kier molecular flexibility index (Phi) is 3.35. The van der Waals surface area contributed by atoms with Crippen LogP contribution in [0.3, 0.4) is 0 Å². The third kappa shape index (κ3) is 2.63. The second-order valence-corrected chi connectivity index (χ2v) is 2.74. The van der Waals surface area contributed by atoms with Crippen LogP contribution in [-0.2, 0) is 0 Å². The molecule has 0 bridgehead atoms. The van der Waals surface area contributed by atoms with Crippen molar-refractivity contribution >= 4 is 0 Å². The molecule has 2 nitrogen and oxygen atoms in total. The van der Waals surface area contributed by atoms with Crippen molar-refractivity contribution in [2.75, 3.05) is 0 Å². The van der Waals surface area contributed by atoms with Crippen molar-refractivity contribution in [1.29, 1.82) is 0 Å². The molecule has 0 fully saturated rings. The first-order chi connectivity index (χ1) is 6.50. The molecule has 0 aliphatic heterocycles. The summed E-state index contributed by atoms with van der Waals surface area (Å²) >= 11 is 0. The molecule has 0 heterocycles. The minimum Gasteiger partial charge on any atom is -0.434 e. The highest BCUT2D eigenvalue weighted by Gasteiger charge is 2.13. The molecule has 0 amide bonds. The predicted molar refractivity (Wildman–Crippen MR) is 43.7 cm³/mol. The highest BCUT2D eigenvalue weighted by Crippen LogP contribution is 2.27. The molecular weight excluding hydrogens is 197 g/mol. The third-order valence-corrected chi connectivity index (χ3v) is 1.64. The molecule has 1 atom stereocenters. The summed E-state index contributed by atoms with van der Waals surface area (Å²) in [4.78, 5) is 0. The van der Waals surface area contributed by atoms with E-state index in [0.717, 1.165) is 12.1 Å². The maximum atomic E-state index is 12.7. The second kappa shape index (κ2) is 4.32. The fourth-order valence-corrected chi connectivity index (χ4v) is 1.05. The topological polar surface area (TPSA) is 29.5 Å². The molecule has 1 rings (SSSR count). The summed E-state index contributed by atoms with van der Waals surface area (Å²) in [5, 5.41) is 9.16.